The Hall–Kier alpha value is -3.40. The molecule has 0 atom stereocenters. The van der Waals surface area contributed by atoms with Crippen molar-refractivity contribution in [3.8, 4) is 0 Å². The maximum Gasteiger partial charge on any atom is 0.330 e. The molecular weight excluding hydrogens is 488 g/mol. The number of hydrogen-bond donors (Lipinski definition) is 10. The van der Waals surface area contributed by atoms with Crippen molar-refractivity contribution >= 4 is 23.9 Å². The Kier molecular flexibility index (Phi) is 40.4. The molecule has 0 aliphatic rings. The number of carbonyl (C=O) groups is 4. The minimum absolute atomic E-state index is 0.176. The monoisotopic (exact) mass is 528 g/mol. The Morgan fingerprint density at radius 1 is 0.472 bits per heavy atom. The smallest absolute Gasteiger partial charge is 0.330 e. The summed E-state index contributed by atoms with van der Waals surface area (Å²) in [6.07, 6.45) is -1.91. The van der Waals surface area contributed by atoms with Gasteiger partial charge in [0, 0.05) is 22.3 Å². The van der Waals surface area contributed by atoms with E-state index in [0.29, 0.717) is 0 Å². The Morgan fingerprint density at radius 2 is 0.556 bits per heavy atom. The Bertz CT molecular complexity index is 520. The van der Waals surface area contributed by atoms with Gasteiger partial charge in [0.1, 0.15) is 12.2 Å². The van der Waals surface area contributed by atoms with Crippen molar-refractivity contribution in [1.82, 2.24) is 0 Å². The van der Waals surface area contributed by atoms with Gasteiger partial charge in [-0.1, -0.05) is 26.3 Å². The van der Waals surface area contributed by atoms with E-state index in [9.17, 15) is 19.2 Å². The fourth-order valence-corrected chi connectivity index (χ4v) is 0.115. The molecule has 14 nitrogen and oxygen atoms in total. The van der Waals surface area contributed by atoms with Crippen molar-refractivity contribution < 1.29 is 70.2 Å². The summed E-state index contributed by atoms with van der Waals surface area (Å²) in [5, 5.41) is 79.6. The van der Waals surface area contributed by atoms with Gasteiger partial charge in [-0.2, -0.15) is 0 Å². The summed E-state index contributed by atoms with van der Waals surface area (Å²) in [7, 11) is 0. The van der Waals surface area contributed by atoms with Crippen LogP contribution >= 0.6 is 0 Å². The SMILES string of the molecule is C=C(C)C(=O)O.C=C(C)C(=O)O.C=C(C)C(=O)O.C=C(C)C(=O)O.OCC(O)CO.OCC(O)CO. The molecule has 0 rings (SSSR count). The summed E-state index contributed by atoms with van der Waals surface area (Å²) < 4.78 is 0. The van der Waals surface area contributed by atoms with Gasteiger partial charge < -0.3 is 51.1 Å². The zero-order chi connectivity index (χ0) is 30.6. The van der Waals surface area contributed by atoms with Crippen molar-refractivity contribution in [3.05, 3.63) is 48.6 Å². The molecule has 0 saturated carbocycles. The van der Waals surface area contributed by atoms with Crippen LogP contribution in [0.1, 0.15) is 27.7 Å². The van der Waals surface area contributed by atoms with E-state index >= 15 is 0 Å². The van der Waals surface area contributed by atoms with Crippen LogP contribution in [0, 0.1) is 0 Å². The first-order valence-corrected chi connectivity index (χ1v) is 9.54. The molecule has 0 aliphatic heterocycles. The molecule has 10 N–H and O–H groups in total. The van der Waals surface area contributed by atoms with Crippen molar-refractivity contribution in [1.29, 1.82) is 0 Å². The first-order chi connectivity index (χ1) is 16.2. The van der Waals surface area contributed by atoms with E-state index in [4.69, 9.17) is 51.1 Å². The van der Waals surface area contributed by atoms with Crippen LogP contribution < -0.4 is 0 Å². The quantitative estimate of drug-likeness (QED) is 0.174. The molecule has 0 fully saturated rings. The molecule has 0 radical (unpaired) electrons. The summed E-state index contributed by atoms with van der Waals surface area (Å²) in [5.74, 6) is -3.74. The number of rotatable bonds is 8. The van der Waals surface area contributed by atoms with Gasteiger partial charge in [-0.3, -0.25) is 0 Å². The van der Waals surface area contributed by atoms with Crippen molar-refractivity contribution in [2.24, 2.45) is 0 Å². The minimum atomic E-state index is -0.954. The summed E-state index contributed by atoms with van der Waals surface area (Å²) in [6.45, 7) is 16.9. The number of carboxylic acids is 4. The number of aliphatic hydroxyl groups excluding tert-OH is 6. The molecule has 0 aromatic rings. The van der Waals surface area contributed by atoms with Gasteiger partial charge in [0.15, 0.2) is 0 Å². The third-order valence-corrected chi connectivity index (χ3v) is 2.30. The van der Waals surface area contributed by atoms with Crippen LogP contribution in [0.15, 0.2) is 48.6 Å². The summed E-state index contributed by atoms with van der Waals surface area (Å²) in [6, 6.07) is 0. The number of hydrogen-bond acceptors (Lipinski definition) is 10. The standard InChI is InChI=1S/4C4H6O2.2C3H8O3/c4*1-3(2)4(5)6;2*4-1-3(6)2-5/h4*1H2,2H3,(H,5,6);2*3-6H,1-2H2. The average molecular weight is 529 g/mol. The molecule has 0 heterocycles. The first-order valence-electron chi connectivity index (χ1n) is 9.54. The van der Waals surface area contributed by atoms with Crippen LogP contribution in [-0.2, 0) is 19.2 Å². The Morgan fingerprint density at radius 3 is 0.556 bits per heavy atom. The zero-order valence-corrected chi connectivity index (χ0v) is 20.9. The molecule has 0 aliphatic carbocycles. The van der Waals surface area contributed by atoms with E-state index in [-0.39, 0.29) is 48.7 Å². The van der Waals surface area contributed by atoms with Gasteiger partial charge >= 0.3 is 23.9 Å². The van der Waals surface area contributed by atoms with E-state index < -0.39 is 36.1 Å². The van der Waals surface area contributed by atoms with Crippen molar-refractivity contribution in [2.45, 2.75) is 39.9 Å². The number of carboxylic acid groups (broad SMARTS) is 4. The minimum Gasteiger partial charge on any atom is -0.478 e. The van der Waals surface area contributed by atoms with E-state index in [2.05, 4.69) is 26.3 Å². The first kappa shape index (κ1) is 46.0. The molecule has 0 aromatic carbocycles. The molecule has 0 spiro atoms. The molecule has 0 saturated heterocycles. The molecule has 0 bridgehead atoms. The van der Waals surface area contributed by atoms with Crippen molar-refractivity contribution in [2.75, 3.05) is 26.4 Å². The van der Waals surface area contributed by atoms with Gasteiger partial charge in [-0.05, 0) is 27.7 Å². The maximum atomic E-state index is 9.60. The summed E-state index contributed by atoms with van der Waals surface area (Å²) >= 11 is 0. The highest BCUT2D eigenvalue weighted by atomic mass is 16.4. The van der Waals surface area contributed by atoms with Crippen LogP contribution in [0.4, 0.5) is 0 Å². The van der Waals surface area contributed by atoms with Crippen LogP contribution in [-0.4, -0.2) is 114 Å². The molecular formula is C22H40O14. The number of aliphatic carboxylic acids is 4. The third kappa shape index (κ3) is 63.2. The van der Waals surface area contributed by atoms with Crippen LogP contribution in [0.3, 0.4) is 0 Å². The highest BCUT2D eigenvalue weighted by Crippen LogP contribution is 1.82. The normalized spacial score (nSPS) is 8.33. The second-order valence-corrected chi connectivity index (χ2v) is 6.38. The van der Waals surface area contributed by atoms with Crippen molar-refractivity contribution in [3.63, 3.8) is 0 Å². The predicted molar refractivity (Wildman–Crippen MR) is 130 cm³/mol. The lowest BCUT2D eigenvalue weighted by Gasteiger charge is -1.96. The van der Waals surface area contributed by atoms with Gasteiger partial charge in [-0.15, -0.1) is 0 Å². The molecule has 0 amide bonds. The van der Waals surface area contributed by atoms with E-state index in [0.717, 1.165) is 0 Å². The van der Waals surface area contributed by atoms with Gasteiger partial charge in [-0.25, -0.2) is 19.2 Å². The molecule has 14 heteroatoms. The Labute approximate surface area is 209 Å². The fourth-order valence-electron chi connectivity index (χ4n) is 0.115. The van der Waals surface area contributed by atoms with E-state index in [1.807, 2.05) is 0 Å². The summed E-state index contributed by atoms with van der Waals surface area (Å²) in [5.41, 5.74) is 0.704. The fraction of sp³-hybridized carbons (Fsp3) is 0.455. The molecule has 0 unspecified atom stereocenters. The molecule has 0 aromatic heterocycles. The maximum absolute atomic E-state index is 9.60. The van der Waals surface area contributed by atoms with E-state index in [1.165, 1.54) is 27.7 Å². The predicted octanol–water partition coefficient (Wildman–Crippen LogP) is -0.748. The van der Waals surface area contributed by atoms with Crippen LogP contribution in [0.25, 0.3) is 0 Å². The molecule has 36 heavy (non-hydrogen) atoms. The lowest BCUT2D eigenvalue weighted by molar-refractivity contribution is -0.133. The Balaban J connectivity index is -0.0000000750. The van der Waals surface area contributed by atoms with Crippen LogP contribution in [0.2, 0.25) is 0 Å². The lowest BCUT2D eigenvalue weighted by atomic mass is 10.4. The second kappa shape index (κ2) is 31.6. The highest BCUT2D eigenvalue weighted by Gasteiger charge is 1.94. The lowest BCUT2D eigenvalue weighted by Crippen LogP contribution is -2.15. The summed E-state index contributed by atoms with van der Waals surface area (Å²) in [4.78, 5) is 38.4. The largest absolute Gasteiger partial charge is 0.478 e. The zero-order valence-electron chi connectivity index (χ0n) is 20.9. The second-order valence-electron chi connectivity index (χ2n) is 6.38. The van der Waals surface area contributed by atoms with Gasteiger partial charge in [0.2, 0.25) is 0 Å². The van der Waals surface area contributed by atoms with Gasteiger partial charge in [0.25, 0.3) is 0 Å². The average Bonchev–Trinajstić information content (AvgIpc) is 2.79. The van der Waals surface area contributed by atoms with Crippen LogP contribution in [0.5, 0.6) is 0 Å². The number of aliphatic hydroxyl groups is 6. The third-order valence-electron chi connectivity index (χ3n) is 2.30. The van der Waals surface area contributed by atoms with E-state index in [1.54, 1.807) is 0 Å². The topological polar surface area (TPSA) is 271 Å². The highest BCUT2D eigenvalue weighted by molar-refractivity contribution is 5.85. The van der Waals surface area contributed by atoms with Gasteiger partial charge in [0.05, 0.1) is 26.4 Å². The molecule has 212 valence electrons.